The van der Waals surface area contributed by atoms with E-state index in [1.165, 1.54) is 31.4 Å². The molecule has 0 amide bonds. The molecule has 0 aliphatic carbocycles. The molecule has 0 radical (unpaired) electrons. The second-order valence-electron chi connectivity index (χ2n) is 2.08. The maximum atomic E-state index is 9.55. The summed E-state index contributed by atoms with van der Waals surface area (Å²) in [5.74, 6) is 0.542. The first-order valence-electron chi connectivity index (χ1n) is 5.16. The standard InChI is InChI=1S/C9H12O2/c1-7(10)8-3-5-9(11-2)6-4-8/h3-7,10H,1-2H3/i1D3,7D. The Balaban J connectivity index is 3.06. The van der Waals surface area contributed by atoms with Gasteiger partial charge in [0.15, 0.2) is 0 Å². The third kappa shape index (κ3) is 1.95. The lowest BCUT2D eigenvalue weighted by molar-refractivity contribution is 0.199. The van der Waals surface area contributed by atoms with Crippen molar-refractivity contribution in [2.75, 3.05) is 7.11 Å². The summed E-state index contributed by atoms with van der Waals surface area (Å²) >= 11 is 0. The first kappa shape index (κ1) is 4.12. The van der Waals surface area contributed by atoms with Crippen molar-refractivity contribution < 1.29 is 15.3 Å². The van der Waals surface area contributed by atoms with E-state index in [0.29, 0.717) is 5.75 Å². The summed E-state index contributed by atoms with van der Waals surface area (Å²) < 4.78 is 33.4. The highest BCUT2D eigenvalue weighted by Gasteiger charge is 1.98. The van der Waals surface area contributed by atoms with Gasteiger partial charge in [0.1, 0.15) is 5.75 Å². The molecule has 1 aromatic rings. The van der Waals surface area contributed by atoms with E-state index in [2.05, 4.69) is 0 Å². The fourth-order valence-electron chi connectivity index (χ4n) is 0.749. The lowest BCUT2D eigenvalue weighted by atomic mass is 10.1. The van der Waals surface area contributed by atoms with Crippen LogP contribution in [-0.2, 0) is 0 Å². The molecule has 0 spiro atoms. The van der Waals surface area contributed by atoms with Gasteiger partial charge in [0.2, 0.25) is 0 Å². The summed E-state index contributed by atoms with van der Waals surface area (Å²) in [6, 6.07) is 5.72. The number of aliphatic hydroxyl groups is 1. The number of ether oxygens (including phenoxy) is 1. The smallest absolute Gasteiger partial charge is 0.118 e. The molecule has 0 heterocycles. The van der Waals surface area contributed by atoms with E-state index >= 15 is 0 Å². The van der Waals surface area contributed by atoms with Crippen LogP contribution in [0.3, 0.4) is 0 Å². The van der Waals surface area contributed by atoms with Crippen LogP contribution in [0.25, 0.3) is 0 Å². The molecule has 0 aliphatic rings. The Morgan fingerprint density at radius 3 is 2.64 bits per heavy atom. The van der Waals surface area contributed by atoms with E-state index < -0.39 is 12.9 Å². The second-order valence-corrected chi connectivity index (χ2v) is 2.08. The van der Waals surface area contributed by atoms with E-state index in [-0.39, 0.29) is 5.56 Å². The SMILES string of the molecule is [2H]C([2H])([2H])C([2H])(O)c1ccc(OC)cc1. The highest BCUT2D eigenvalue weighted by Crippen LogP contribution is 2.16. The summed E-state index contributed by atoms with van der Waals surface area (Å²) in [6.07, 6.45) is -2.58. The quantitative estimate of drug-likeness (QED) is 0.706. The number of rotatable bonds is 2. The van der Waals surface area contributed by atoms with Gasteiger partial charge in [-0.25, -0.2) is 0 Å². The van der Waals surface area contributed by atoms with E-state index in [1.807, 2.05) is 0 Å². The van der Waals surface area contributed by atoms with Gasteiger partial charge in [-0.05, 0) is 24.5 Å². The van der Waals surface area contributed by atoms with Gasteiger partial charge in [0, 0.05) is 4.11 Å². The van der Waals surface area contributed by atoms with Crippen LogP contribution in [0.2, 0.25) is 0 Å². The molecule has 60 valence electrons. The van der Waals surface area contributed by atoms with Crippen LogP contribution >= 0.6 is 0 Å². The molecule has 0 fully saturated rings. The summed E-state index contributed by atoms with van der Waals surface area (Å²) in [5.41, 5.74) is 0.0169. The van der Waals surface area contributed by atoms with E-state index in [0.717, 1.165) is 0 Å². The molecule has 1 unspecified atom stereocenters. The molecular formula is C9H12O2. The monoisotopic (exact) mass is 156 g/mol. The van der Waals surface area contributed by atoms with Crippen LogP contribution in [0, 0.1) is 0 Å². The third-order valence-electron chi connectivity index (χ3n) is 1.36. The Kier molecular flexibility index (Phi) is 1.27. The summed E-state index contributed by atoms with van der Waals surface area (Å²) in [4.78, 5) is 0. The van der Waals surface area contributed by atoms with Gasteiger partial charge in [0.05, 0.1) is 14.6 Å². The van der Waals surface area contributed by atoms with Crippen molar-refractivity contribution in [1.29, 1.82) is 0 Å². The van der Waals surface area contributed by atoms with Crippen LogP contribution in [0.1, 0.15) is 24.0 Å². The summed E-state index contributed by atoms with van der Waals surface area (Å²) in [6.45, 7) is -2.78. The van der Waals surface area contributed by atoms with Crippen LogP contribution in [0.4, 0.5) is 0 Å². The van der Waals surface area contributed by atoms with Crippen molar-refractivity contribution in [3.63, 3.8) is 0 Å². The lowest BCUT2D eigenvalue weighted by Gasteiger charge is -2.04. The van der Waals surface area contributed by atoms with E-state index in [1.54, 1.807) is 0 Å². The fraction of sp³-hybridized carbons (Fsp3) is 0.333. The van der Waals surface area contributed by atoms with E-state index in [9.17, 15) is 5.11 Å². The van der Waals surface area contributed by atoms with Crippen LogP contribution < -0.4 is 4.74 Å². The lowest BCUT2D eigenvalue weighted by Crippen LogP contribution is -1.90. The summed E-state index contributed by atoms with van der Waals surface area (Å²) in [5, 5.41) is 9.55. The molecule has 0 bridgehead atoms. The molecule has 0 aromatic heterocycles. The summed E-state index contributed by atoms with van der Waals surface area (Å²) in [7, 11) is 1.48. The number of hydrogen-bond acceptors (Lipinski definition) is 2. The van der Waals surface area contributed by atoms with Gasteiger partial charge in [-0.15, -0.1) is 0 Å². The minimum atomic E-state index is -2.78. The largest absolute Gasteiger partial charge is 0.497 e. The Hall–Kier alpha value is -1.02. The number of hydrogen-bond donors (Lipinski definition) is 1. The van der Waals surface area contributed by atoms with Crippen molar-refractivity contribution in [3.05, 3.63) is 29.8 Å². The molecule has 11 heavy (non-hydrogen) atoms. The maximum Gasteiger partial charge on any atom is 0.118 e. The average molecular weight is 156 g/mol. The fourth-order valence-corrected chi connectivity index (χ4v) is 0.749. The molecule has 2 nitrogen and oxygen atoms in total. The molecule has 1 aromatic carbocycles. The van der Waals surface area contributed by atoms with Gasteiger partial charge in [0.25, 0.3) is 0 Å². The Morgan fingerprint density at radius 2 is 2.18 bits per heavy atom. The molecular weight excluding hydrogens is 140 g/mol. The molecule has 0 saturated heterocycles. The van der Waals surface area contributed by atoms with Gasteiger partial charge >= 0.3 is 0 Å². The minimum absolute atomic E-state index is 0.0169. The highest BCUT2D eigenvalue weighted by atomic mass is 16.5. The Morgan fingerprint density at radius 1 is 1.55 bits per heavy atom. The molecule has 0 saturated carbocycles. The topological polar surface area (TPSA) is 29.5 Å². The zero-order valence-electron chi connectivity index (χ0n) is 10.2. The zero-order valence-corrected chi connectivity index (χ0v) is 6.16. The van der Waals surface area contributed by atoms with Crippen molar-refractivity contribution in [3.8, 4) is 5.75 Å². The molecule has 1 N–H and O–H groups in total. The van der Waals surface area contributed by atoms with Crippen molar-refractivity contribution in [1.82, 2.24) is 0 Å². The normalized spacial score (nSPS) is 22.0. The van der Waals surface area contributed by atoms with Gasteiger partial charge in [-0.3, -0.25) is 0 Å². The second kappa shape index (κ2) is 3.39. The average Bonchev–Trinajstić information content (AvgIpc) is 2.16. The number of benzene rings is 1. The van der Waals surface area contributed by atoms with Gasteiger partial charge in [-0.1, -0.05) is 12.1 Å². The van der Waals surface area contributed by atoms with Crippen molar-refractivity contribution in [2.45, 2.75) is 12.9 Å². The predicted octanol–water partition coefficient (Wildman–Crippen LogP) is 1.75. The Labute approximate surface area is 72.1 Å². The van der Waals surface area contributed by atoms with E-state index in [4.69, 9.17) is 10.2 Å². The predicted molar refractivity (Wildman–Crippen MR) is 43.6 cm³/mol. The molecule has 2 heteroatoms. The first-order valence-corrected chi connectivity index (χ1v) is 3.16. The van der Waals surface area contributed by atoms with Gasteiger partial charge in [-0.2, -0.15) is 0 Å². The number of methoxy groups -OCH3 is 1. The van der Waals surface area contributed by atoms with Crippen molar-refractivity contribution in [2.24, 2.45) is 0 Å². The van der Waals surface area contributed by atoms with Crippen molar-refractivity contribution >= 4 is 0 Å². The minimum Gasteiger partial charge on any atom is -0.497 e. The van der Waals surface area contributed by atoms with Crippen LogP contribution in [-0.4, -0.2) is 12.2 Å². The van der Waals surface area contributed by atoms with Crippen LogP contribution in [0.5, 0.6) is 5.75 Å². The Bertz CT molecular complexity index is 329. The molecule has 1 rings (SSSR count). The molecule has 0 aliphatic heterocycles. The molecule has 1 atom stereocenters. The third-order valence-corrected chi connectivity index (χ3v) is 1.36. The zero-order chi connectivity index (χ0) is 11.7. The van der Waals surface area contributed by atoms with Crippen LogP contribution in [0.15, 0.2) is 24.3 Å². The maximum absolute atomic E-state index is 9.55. The highest BCUT2D eigenvalue weighted by molar-refractivity contribution is 5.27. The first-order chi connectivity index (χ1) is 6.79. The van der Waals surface area contributed by atoms with Gasteiger partial charge < -0.3 is 9.84 Å².